The lowest BCUT2D eigenvalue weighted by Gasteiger charge is -2.19. The molecule has 26 heavy (non-hydrogen) atoms. The number of carbonyl (C=O) groups is 2. The van der Waals surface area contributed by atoms with E-state index in [2.05, 4.69) is 15.3 Å². The molecule has 8 nitrogen and oxygen atoms in total. The Bertz CT molecular complexity index is 854. The molecule has 2 aromatic rings. The highest BCUT2D eigenvalue weighted by molar-refractivity contribution is 5.77. The zero-order chi connectivity index (χ0) is 19.3. The van der Waals surface area contributed by atoms with E-state index in [4.69, 9.17) is 9.47 Å². The molecule has 0 aliphatic carbocycles. The number of fused-ring (bicyclic) bond motifs is 1. The lowest BCUT2D eigenvalue weighted by atomic mass is 10.2. The summed E-state index contributed by atoms with van der Waals surface area (Å²) in [5.74, 6) is -0.258. The molecule has 0 saturated carbocycles. The van der Waals surface area contributed by atoms with Crippen LogP contribution >= 0.6 is 0 Å². The standard InChI is InChI=1S/C18H23N3O5/c1-11(15-20-13-8-6-5-7-12(13)16(23)21-15)25-14(22)9-10-19-17(24)26-18(2,3)4/h5-8,11H,9-10H2,1-4H3,(H,19,24)(H,20,21,23). The average Bonchev–Trinajstić information content (AvgIpc) is 2.53. The summed E-state index contributed by atoms with van der Waals surface area (Å²) in [6, 6.07) is 6.91. The molecule has 1 heterocycles. The summed E-state index contributed by atoms with van der Waals surface area (Å²) in [7, 11) is 0. The number of H-pyrrole nitrogens is 1. The summed E-state index contributed by atoms with van der Waals surface area (Å²) < 4.78 is 10.3. The Kier molecular flexibility index (Phi) is 5.97. The molecule has 1 unspecified atom stereocenters. The second kappa shape index (κ2) is 7.99. The number of nitrogens with one attached hydrogen (secondary N) is 2. The quantitative estimate of drug-likeness (QED) is 0.792. The molecule has 2 rings (SSSR count). The van der Waals surface area contributed by atoms with E-state index in [9.17, 15) is 14.4 Å². The van der Waals surface area contributed by atoms with Crippen LogP contribution in [0.2, 0.25) is 0 Å². The van der Waals surface area contributed by atoms with Crippen molar-refractivity contribution in [3.8, 4) is 0 Å². The zero-order valence-corrected chi connectivity index (χ0v) is 15.3. The van der Waals surface area contributed by atoms with Gasteiger partial charge >= 0.3 is 12.1 Å². The molecule has 0 radical (unpaired) electrons. The van der Waals surface area contributed by atoms with Crippen LogP contribution < -0.4 is 10.9 Å². The molecule has 0 fully saturated rings. The summed E-state index contributed by atoms with van der Waals surface area (Å²) in [4.78, 5) is 42.4. The monoisotopic (exact) mass is 361 g/mol. The van der Waals surface area contributed by atoms with Gasteiger partial charge in [0.1, 0.15) is 5.60 Å². The molecule has 0 spiro atoms. The molecule has 0 aliphatic heterocycles. The van der Waals surface area contributed by atoms with Crippen LogP contribution in [0.3, 0.4) is 0 Å². The van der Waals surface area contributed by atoms with Crippen molar-refractivity contribution in [1.29, 1.82) is 0 Å². The van der Waals surface area contributed by atoms with Crippen LogP contribution in [0.1, 0.15) is 46.0 Å². The van der Waals surface area contributed by atoms with Crippen molar-refractivity contribution in [2.24, 2.45) is 0 Å². The molecule has 1 aromatic carbocycles. The lowest BCUT2D eigenvalue weighted by Crippen LogP contribution is -2.33. The fourth-order valence-electron chi connectivity index (χ4n) is 2.19. The predicted octanol–water partition coefficient (Wildman–Crippen LogP) is 2.44. The van der Waals surface area contributed by atoms with E-state index in [1.54, 1.807) is 52.0 Å². The first-order valence-electron chi connectivity index (χ1n) is 8.31. The number of esters is 1. The van der Waals surface area contributed by atoms with Gasteiger partial charge in [-0.15, -0.1) is 0 Å². The van der Waals surface area contributed by atoms with Crippen LogP contribution in [0.4, 0.5) is 4.79 Å². The van der Waals surface area contributed by atoms with Crippen molar-refractivity contribution in [1.82, 2.24) is 15.3 Å². The largest absolute Gasteiger partial charge is 0.454 e. The van der Waals surface area contributed by atoms with Crippen molar-refractivity contribution in [2.75, 3.05) is 6.54 Å². The molecular weight excluding hydrogens is 338 g/mol. The molecule has 8 heteroatoms. The Morgan fingerprint density at radius 2 is 1.96 bits per heavy atom. The van der Waals surface area contributed by atoms with Crippen molar-refractivity contribution in [3.05, 3.63) is 40.4 Å². The number of ether oxygens (including phenoxy) is 2. The minimum atomic E-state index is -0.721. The van der Waals surface area contributed by atoms with E-state index in [0.717, 1.165) is 0 Å². The fourth-order valence-corrected chi connectivity index (χ4v) is 2.19. The summed E-state index contributed by atoms with van der Waals surface area (Å²) in [6.45, 7) is 6.95. The van der Waals surface area contributed by atoms with Crippen molar-refractivity contribution >= 4 is 23.0 Å². The maximum Gasteiger partial charge on any atom is 0.407 e. The second-order valence-electron chi connectivity index (χ2n) is 6.78. The molecule has 0 saturated heterocycles. The number of rotatable bonds is 5. The minimum Gasteiger partial charge on any atom is -0.454 e. The normalized spacial score (nSPS) is 12.5. The van der Waals surface area contributed by atoms with Gasteiger partial charge in [0.05, 0.1) is 17.3 Å². The van der Waals surface area contributed by atoms with Crippen LogP contribution in [-0.4, -0.2) is 34.2 Å². The highest BCUT2D eigenvalue weighted by Crippen LogP contribution is 2.14. The van der Waals surface area contributed by atoms with Gasteiger partial charge in [0.15, 0.2) is 11.9 Å². The Morgan fingerprint density at radius 1 is 1.27 bits per heavy atom. The van der Waals surface area contributed by atoms with Crippen LogP contribution in [0, 0.1) is 0 Å². The number of hydrogen-bond donors (Lipinski definition) is 2. The molecule has 1 aromatic heterocycles. The first-order valence-corrected chi connectivity index (χ1v) is 8.31. The Hall–Kier alpha value is -2.90. The van der Waals surface area contributed by atoms with Gasteiger partial charge < -0.3 is 19.8 Å². The molecule has 1 amide bonds. The first kappa shape index (κ1) is 19.4. The van der Waals surface area contributed by atoms with Crippen LogP contribution in [0.15, 0.2) is 29.1 Å². The Balaban J connectivity index is 1.89. The van der Waals surface area contributed by atoms with Gasteiger partial charge in [0.2, 0.25) is 0 Å². The van der Waals surface area contributed by atoms with E-state index in [1.807, 2.05) is 0 Å². The first-order chi connectivity index (χ1) is 12.2. The number of benzene rings is 1. The summed E-state index contributed by atoms with van der Waals surface area (Å²) >= 11 is 0. The third kappa shape index (κ3) is 5.58. The van der Waals surface area contributed by atoms with E-state index in [1.165, 1.54) is 0 Å². The third-order valence-corrected chi connectivity index (χ3v) is 3.32. The van der Waals surface area contributed by atoms with E-state index < -0.39 is 23.8 Å². The molecular formula is C18H23N3O5. The van der Waals surface area contributed by atoms with Crippen LogP contribution in [0.5, 0.6) is 0 Å². The summed E-state index contributed by atoms with van der Waals surface area (Å²) in [5, 5.41) is 2.95. The van der Waals surface area contributed by atoms with Crippen LogP contribution in [0.25, 0.3) is 10.9 Å². The SMILES string of the molecule is CC(OC(=O)CCNC(=O)OC(C)(C)C)c1nc2ccccc2c(=O)[nH]1. The van der Waals surface area contributed by atoms with Gasteiger partial charge in [-0.05, 0) is 39.8 Å². The van der Waals surface area contributed by atoms with Crippen molar-refractivity contribution in [3.63, 3.8) is 0 Å². The number of carbonyl (C=O) groups excluding carboxylic acids is 2. The lowest BCUT2D eigenvalue weighted by molar-refractivity contribution is -0.148. The number of aromatic nitrogens is 2. The molecule has 140 valence electrons. The van der Waals surface area contributed by atoms with E-state index in [0.29, 0.717) is 10.9 Å². The fraction of sp³-hybridized carbons (Fsp3) is 0.444. The highest BCUT2D eigenvalue weighted by Gasteiger charge is 2.18. The average molecular weight is 361 g/mol. The molecule has 0 bridgehead atoms. The Morgan fingerprint density at radius 3 is 2.65 bits per heavy atom. The maximum absolute atomic E-state index is 12.1. The minimum absolute atomic E-state index is 0.0264. The van der Waals surface area contributed by atoms with Crippen LogP contribution in [-0.2, 0) is 14.3 Å². The second-order valence-corrected chi connectivity index (χ2v) is 6.78. The Labute approximate surface area is 150 Å². The molecule has 2 N–H and O–H groups in total. The highest BCUT2D eigenvalue weighted by atomic mass is 16.6. The van der Waals surface area contributed by atoms with Gasteiger partial charge in [-0.1, -0.05) is 12.1 Å². The van der Waals surface area contributed by atoms with Crippen molar-refractivity contribution in [2.45, 2.75) is 45.8 Å². The van der Waals surface area contributed by atoms with Gasteiger partial charge in [-0.3, -0.25) is 9.59 Å². The van der Waals surface area contributed by atoms with Gasteiger partial charge in [-0.2, -0.15) is 0 Å². The number of para-hydroxylation sites is 1. The molecule has 1 atom stereocenters. The number of aromatic amines is 1. The number of amides is 1. The topological polar surface area (TPSA) is 110 Å². The smallest absolute Gasteiger partial charge is 0.407 e. The van der Waals surface area contributed by atoms with Gasteiger partial charge in [0, 0.05) is 6.54 Å². The van der Waals surface area contributed by atoms with Crippen molar-refractivity contribution < 1.29 is 19.1 Å². The van der Waals surface area contributed by atoms with E-state index in [-0.39, 0.29) is 24.3 Å². The maximum atomic E-state index is 12.1. The summed E-state index contributed by atoms with van der Waals surface area (Å²) in [6.07, 6.45) is -1.35. The zero-order valence-electron chi connectivity index (χ0n) is 15.3. The van der Waals surface area contributed by atoms with Gasteiger partial charge in [0.25, 0.3) is 5.56 Å². The van der Waals surface area contributed by atoms with Gasteiger partial charge in [-0.25, -0.2) is 9.78 Å². The summed E-state index contributed by atoms with van der Waals surface area (Å²) in [5.41, 5.74) is -0.368. The van der Waals surface area contributed by atoms with E-state index >= 15 is 0 Å². The number of hydrogen-bond acceptors (Lipinski definition) is 6. The third-order valence-electron chi connectivity index (χ3n) is 3.32. The number of alkyl carbamates (subject to hydrolysis) is 1. The number of nitrogens with zero attached hydrogens (tertiary/aromatic N) is 1. The predicted molar refractivity (Wildman–Crippen MR) is 95.7 cm³/mol. The molecule has 0 aliphatic rings.